The van der Waals surface area contributed by atoms with Crippen molar-refractivity contribution in [3.05, 3.63) is 33.9 Å². The van der Waals surface area contributed by atoms with E-state index in [0.29, 0.717) is 0 Å². The van der Waals surface area contributed by atoms with Crippen molar-refractivity contribution in [2.24, 2.45) is 0 Å². The summed E-state index contributed by atoms with van der Waals surface area (Å²) in [6, 6.07) is 6.34. The van der Waals surface area contributed by atoms with Crippen molar-refractivity contribution in [2.75, 3.05) is 44.7 Å². The zero-order chi connectivity index (χ0) is 14.4. The highest BCUT2D eigenvalue weighted by Crippen LogP contribution is 2.21. The molecule has 0 amide bonds. The van der Waals surface area contributed by atoms with Crippen molar-refractivity contribution >= 4 is 11.4 Å². The van der Waals surface area contributed by atoms with Crippen LogP contribution < -0.4 is 5.32 Å². The Kier molecular flexibility index (Phi) is 4.87. The highest BCUT2D eigenvalue weighted by Gasteiger charge is 2.14. The first-order valence-electron chi connectivity index (χ1n) is 6.43. The molecule has 7 nitrogen and oxygen atoms in total. The van der Waals surface area contributed by atoms with Crippen LogP contribution in [0.1, 0.15) is 5.56 Å². The second-order valence-electron chi connectivity index (χ2n) is 4.48. The molecule has 1 aliphatic heterocycles. The largest absolute Gasteiger partial charge is 0.384 e. The average molecular weight is 276 g/mol. The van der Waals surface area contributed by atoms with Gasteiger partial charge in [0.15, 0.2) is 0 Å². The number of nitro benzene ring substituents is 1. The summed E-state index contributed by atoms with van der Waals surface area (Å²) in [5.41, 5.74) is 0.637. The molecule has 1 N–H and O–H groups in total. The van der Waals surface area contributed by atoms with Gasteiger partial charge in [-0.1, -0.05) is 0 Å². The molecule has 0 spiro atoms. The molecule has 0 bridgehead atoms. The molecule has 1 aromatic rings. The van der Waals surface area contributed by atoms with E-state index >= 15 is 0 Å². The smallest absolute Gasteiger partial charge is 0.287 e. The standard InChI is InChI=1S/C13H16N4O3/c14-10-11-9-12(1-2-13(11)17(18)19)15-3-4-16-5-7-20-8-6-16/h1-2,9,15H,3-8H2. The molecule has 106 valence electrons. The van der Waals surface area contributed by atoms with E-state index in [9.17, 15) is 10.1 Å². The zero-order valence-corrected chi connectivity index (χ0v) is 11.0. The lowest BCUT2D eigenvalue weighted by atomic mass is 10.2. The maximum atomic E-state index is 10.7. The second-order valence-corrected chi connectivity index (χ2v) is 4.48. The van der Waals surface area contributed by atoms with Crippen LogP contribution in [0.5, 0.6) is 0 Å². The first-order chi connectivity index (χ1) is 9.70. The first kappa shape index (κ1) is 14.2. The van der Waals surface area contributed by atoms with Gasteiger partial charge in [0.2, 0.25) is 0 Å². The molecule has 0 unspecified atom stereocenters. The lowest BCUT2D eigenvalue weighted by Gasteiger charge is -2.26. The Hall–Kier alpha value is -2.17. The number of rotatable bonds is 5. The Morgan fingerprint density at radius 2 is 2.20 bits per heavy atom. The highest BCUT2D eigenvalue weighted by molar-refractivity contribution is 5.58. The third kappa shape index (κ3) is 3.66. The monoisotopic (exact) mass is 276 g/mol. The van der Waals surface area contributed by atoms with Gasteiger partial charge in [0, 0.05) is 37.9 Å². The quantitative estimate of drug-likeness (QED) is 0.642. The fraction of sp³-hybridized carbons (Fsp3) is 0.462. The zero-order valence-electron chi connectivity index (χ0n) is 11.0. The fourth-order valence-electron chi connectivity index (χ4n) is 2.08. The van der Waals surface area contributed by atoms with Gasteiger partial charge in [-0.15, -0.1) is 0 Å². The van der Waals surface area contributed by atoms with Crippen molar-refractivity contribution in [1.29, 1.82) is 5.26 Å². The van der Waals surface area contributed by atoms with Crippen LogP contribution >= 0.6 is 0 Å². The summed E-state index contributed by atoms with van der Waals surface area (Å²) in [6.07, 6.45) is 0. The van der Waals surface area contributed by atoms with Gasteiger partial charge in [-0.25, -0.2) is 0 Å². The number of hydrogen-bond donors (Lipinski definition) is 1. The number of ether oxygens (including phenoxy) is 1. The summed E-state index contributed by atoms with van der Waals surface area (Å²) in [5.74, 6) is 0. The Labute approximate surface area is 116 Å². The van der Waals surface area contributed by atoms with E-state index in [1.165, 1.54) is 12.1 Å². The SMILES string of the molecule is N#Cc1cc(NCCN2CCOCC2)ccc1[N+](=O)[O-]. The molecule has 7 heteroatoms. The molecular weight excluding hydrogens is 260 g/mol. The highest BCUT2D eigenvalue weighted by atomic mass is 16.6. The molecule has 20 heavy (non-hydrogen) atoms. The number of nitro groups is 1. The molecule has 0 radical (unpaired) electrons. The van der Waals surface area contributed by atoms with E-state index < -0.39 is 4.92 Å². The number of morpholine rings is 1. The van der Waals surface area contributed by atoms with Crippen molar-refractivity contribution in [3.63, 3.8) is 0 Å². The van der Waals surface area contributed by atoms with Crippen molar-refractivity contribution in [2.45, 2.75) is 0 Å². The number of nitrogens with one attached hydrogen (secondary N) is 1. The van der Waals surface area contributed by atoms with Gasteiger partial charge >= 0.3 is 0 Å². The Balaban J connectivity index is 1.90. The molecule has 1 aliphatic rings. The van der Waals surface area contributed by atoms with Crippen molar-refractivity contribution in [3.8, 4) is 6.07 Å². The Morgan fingerprint density at radius 1 is 1.45 bits per heavy atom. The molecule has 1 aromatic carbocycles. The molecule has 2 rings (SSSR count). The van der Waals surface area contributed by atoms with Gasteiger partial charge in [0.05, 0.1) is 18.1 Å². The van der Waals surface area contributed by atoms with Crippen LogP contribution in [0.2, 0.25) is 0 Å². The summed E-state index contributed by atoms with van der Waals surface area (Å²) >= 11 is 0. The number of nitrogens with zero attached hydrogens (tertiary/aromatic N) is 3. The molecule has 1 saturated heterocycles. The summed E-state index contributed by atoms with van der Waals surface area (Å²) in [7, 11) is 0. The number of benzene rings is 1. The minimum atomic E-state index is -0.546. The number of hydrogen-bond acceptors (Lipinski definition) is 6. The van der Waals surface area contributed by atoms with Gasteiger partial charge in [0.25, 0.3) is 5.69 Å². The molecule has 0 atom stereocenters. The lowest BCUT2D eigenvalue weighted by molar-refractivity contribution is -0.385. The minimum absolute atomic E-state index is 0.0753. The predicted molar refractivity (Wildman–Crippen MR) is 73.6 cm³/mol. The molecular formula is C13H16N4O3. The van der Waals surface area contributed by atoms with E-state index in [1.807, 2.05) is 6.07 Å². The van der Waals surface area contributed by atoms with Gasteiger partial charge in [-0.3, -0.25) is 15.0 Å². The minimum Gasteiger partial charge on any atom is -0.384 e. The van der Waals surface area contributed by atoms with Crippen LogP contribution in [0, 0.1) is 21.4 Å². The molecule has 1 heterocycles. The average Bonchev–Trinajstić information content (AvgIpc) is 2.48. The van der Waals surface area contributed by atoms with Gasteiger partial charge in [-0.2, -0.15) is 5.26 Å². The van der Waals surface area contributed by atoms with E-state index in [4.69, 9.17) is 10.00 Å². The summed E-state index contributed by atoms with van der Waals surface area (Å²) < 4.78 is 5.27. The number of nitriles is 1. The molecule has 0 saturated carbocycles. The van der Waals surface area contributed by atoms with Crippen LogP contribution in [0.4, 0.5) is 11.4 Å². The normalized spacial score (nSPS) is 15.6. The van der Waals surface area contributed by atoms with Crippen molar-refractivity contribution < 1.29 is 9.66 Å². The predicted octanol–water partition coefficient (Wildman–Crippen LogP) is 1.21. The van der Waals surface area contributed by atoms with Crippen LogP contribution in [-0.2, 0) is 4.74 Å². The summed E-state index contributed by atoms with van der Waals surface area (Å²) in [6.45, 7) is 4.97. The van der Waals surface area contributed by atoms with Crippen LogP contribution in [0.25, 0.3) is 0 Å². The Bertz CT molecular complexity index is 521. The lowest BCUT2D eigenvalue weighted by Crippen LogP contribution is -2.39. The summed E-state index contributed by atoms with van der Waals surface area (Å²) in [5, 5.41) is 22.8. The third-order valence-electron chi connectivity index (χ3n) is 3.17. The molecule has 0 aliphatic carbocycles. The Morgan fingerprint density at radius 3 is 2.85 bits per heavy atom. The summed E-state index contributed by atoms with van der Waals surface area (Å²) in [4.78, 5) is 12.5. The van der Waals surface area contributed by atoms with E-state index in [-0.39, 0.29) is 11.3 Å². The van der Waals surface area contributed by atoms with Gasteiger partial charge < -0.3 is 10.1 Å². The fourth-order valence-corrected chi connectivity index (χ4v) is 2.08. The van der Waals surface area contributed by atoms with Crippen molar-refractivity contribution in [1.82, 2.24) is 4.90 Å². The molecule has 0 aromatic heterocycles. The second kappa shape index (κ2) is 6.84. The van der Waals surface area contributed by atoms with Gasteiger partial charge in [0.1, 0.15) is 11.6 Å². The topological polar surface area (TPSA) is 91.4 Å². The van der Waals surface area contributed by atoms with E-state index in [1.54, 1.807) is 6.07 Å². The van der Waals surface area contributed by atoms with Crippen LogP contribution in [-0.4, -0.2) is 49.2 Å². The van der Waals surface area contributed by atoms with E-state index in [2.05, 4.69) is 10.2 Å². The first-order valence-corrected chi connectivity index (χ1v) is 6.43. The van der Waals surface area contributed by atoms with Crippen LogP contribution in [0.3, 0.4) is 0 Å². The van der Waals surface area contributed by atoms with E-state index in [0.717, 1.165) is 45.1 Å². The maximum Gasteiger partial charge on any atom is 0.287 e. The number of anilines is 1. The van der Waals surface area contributed by atoms with Crippen LogP contribution in [0.15, 0.2) is 18.2 Å². The molecule has 1 fully saturated rings. The van der Waals surface area contributed by atoms with Gasteiger partial charge in [-0.05, 0) is 12.1 Å². The maximum absolute atomic E-state index is 10.7. The third-order valence-corrected chi connectivity index (χ3v) is 3.17.